The number of para-hydroxylation sites is 4. The van der Waals surface area contributed by atoms with Gasteiger partial charge < -0.3 is 107 Å². The maximum Gasteiger partial charge on any atom is 0.356 e. The molecule has 8 amide bonds. The smallest absolute Gasteiger partial charge is 0.356 e. The third-order valence-corrected chi connectivity index (χ3v) is 28.5. The molecule has 778 valence electrons. The maximum atomic E-state index is 13.4. The number of phenols is 5. The van der Waals surface area contributed by atoms with Gasteiger partial charge in [-0.25, -0.2) is 36.7 Å². The summed E-state index contributed by atoms with van der Waals surface area (Å²) in [6.07, 6.45) is -6.82. The number of carbonyl (C=O) groups is 4. The molecule has 5 unspecified atom stereocenters. The number of anilines is 4. The zero-order valence-corrected chi connectivity index (χ0v) is 81.7. The number of amides is 8. The minimum Gasteiger partial charge on any atom is -0.508 e. The molecule has 5 heterocycles. The van der Waals surface area contributed by atoms with Gasteiger partial charge in [0.25, 0.3) is 0 Å². The predicted molar refractivity (Wildman–Crippen MR) is 554 cm³/mol. The van der Waals surface area contributed by atoms with Crippen LogP contribution < -0.4 is 50.9 Å². The molecule has 5 aliphatic heterocycles. The van der Waals surface area contributed by atoms with Gasteiger partial charge in [0.1, 0.15) is 88.3 Å². The lowest BCUT2D eigenvalue weighted by atomic mass is 9.90. The highest BCUT2D eigenvalue weighted by molar-refractivity contribution is 7.60. The minimum atomic E-state index is -4.37. The van der Waals surface area contributed by atoms with E-state index in [2.05, 4.69) is 21.3 Å². The second-order valence-electron chi connectivity index (χ2n) is 37.1. The van der Waals surface area contributed by atoms with Gasteiger partial charge in [-0.05, 0) is 247 Å². The molecule has 5 fully saturated rings. The summed E-state index contributed by atoms with van der Waals surface area (Å²) in [5, 5.41) is 148. The molecule has 17 atom stereocenters. The molecule has 14 aromatic rings. The van der Waals surface area contributed by atoms with Crippen LogP contribution in [0, 0.1) is 23.3 Å². The predicted octanol–water partition coefficient (Wildman–Crippen LogP) is 18.1. The number of rotatable bonds is 30. The van der Waals surface area contributed by atoms with Gasteiger partial charge in [0, 0.05) is 57.1 Å². The van der Waals surface area contributed by atoms with Crippen LogP contribution in [0.2, 0.25) is 0 Å². The van der Waals surface area contributed by atoms with Crippen molar-refractivity contribution in [3.63, 3.8) is 0 Å². The Kier molecular flexibility index (Phi) is 34.4. The van der Waals surface area contributed by atoms with Gasteiger partial charge in [-0.15, -0.1) is 0 Å². The lowest BCUT2D eigenvalue weighted by Crippen LogP contribution is -2.55. The maximum absolute atomic E-state index is 13.4. The first-order valence-corrected chi connectivity index (χ1v) is 50.3. The first kappa shape index (κ1) is 107. The Morgan fingerprint density at radius 1 is 0.340 bits per heavy atom. The molecule has 0 radical (unpaired) electrons. The molecular weight excluding hydrogens is 1950 g/mol. The fraction of sp³-hybridized carbons (Fsp3) is 0.235. The van der Waals surface area contributed by atoms with Gasteiger partial charge in [-0.3, -0.25) is 24.2 Å². The Bertz CT molecular complexity index is 7000. The highest BCUT2D eigenvalue weighted by Crippen LogP contribution is 2.49. The van der Waals surface area contributed by atoms with Crippen LogP contribution in [0.1, 0.15) is 156 Å². The molecule has 150 heavy (non-hydrogen) atoms. The summed E-state index contributed by atoms with van der Waals surface area (Å²) in [7, 11) is -2.86. The number of aliphatic hydroxyl groups excluding tert-OH is 8. The van der Waals surface area contributed by atoms with Crippen LogP contribution in [-0.2, 0) is 9.30 Å². The second-order valence-corrected chi connectivity index (χ2v) is 38.7. The molecule has 0 saturated carbocycles. The molecule has 5 saturated heterocycles. The Morgan fingerprint density at radius 2 is 0.620 bits per heavy atom. The summed E-state index contributed by atoms with van der Waals surface area (Å²) < 4.78 is 75.4. The van der Waals surface area contributed by atoms with E-state index < -0.39 is 123 Å². The molecule has 0 aliphatic carbocycles. The standard InChI is InChI=1S/C36H37FN2O8.C30H28FN2O6P.C25H25FN2O4.C24H23FN2O4/c37-24-13-10-21(11-14-24)28(41)17-16-27-31(39(36(46)38-27)25-4-2-1-3-5-25)26-15-12-23(18-29(26)42)20-6-8-22(9-7-20)35-34(45)33(44)32(43)30(19-40)47-35;31-22-11-6-20(7-12-22)27(34)17-16-26-29(33(30(36)32-26)23-4-2-1-3-5-23)25-15-10-21(18-28(25)35)19-8-13-24(14-9-19)40(37,38)39;1-32-19-11-12-20(23(30)15-19)24-21(13-14-22(29)16-7-9-17(26)10-8-16)27-25(31)28(24)18-5-3-2-4-6-18;25-16-8-6-15(7-9-16)21(29)13-12-20-23(19-11-10-18(28)14-22(19)30)27(24(31)26-20)17-4-2-1-3-5-17/h1-15,18,27-28,30-35,40-45H,16-17,19H2,(H,38,46);1-15,18,26-27,29,34-35H,16-17H2,(H,32,36)(H2,37,38,39);2-12,15,21-22,24,29-30H,13-14H2,1H3,(H,27,31);1-11,14,20-21,23,28-30H,12-13H2,(H,26,31)/t27-,28?,30+,31+,32+,33-,34+,35?;26-,27?,29+;21-,22?,24+;20-,21?,23+/m0000/s1. The first-order chi connectivity index (χ1) is 72.2. The van der Waals surface area contributed by atoms with E-state index >= 15 is 0 Å². The number of aliphatic hydroxyl groups is 8. The third kappa shape index (κ3) is 25.0. The fourth-order valence-electron chi connectivity index (χ4n) is 19.7. The van der Waals surface area contributed by atoms with E-state index in [-0.39, 0.29) is 82.3 Å². The fourth-order valence-corrected chi connectivity index (χ4v) is 20.3. The van der Waals surface area contributed by atoms with Crippen LogP contribution in [0.5, 0.6) is 34.5 Å². The quantitative estimate of drug-likeness (QED) is 0.0147. The Balaban J connectivity index is 0.000000144. The van der Waals surface area contributed by atoms with Crippen LogP contribution in [0.15, 0.2) is 340 Å². The summed E-state index contributed by atoms with van der Waals surface area (Å²) in [6, 6.07) is 86.3. The van der Waals surface area contributed by atoms with Gasteiger partial charge in [-0.1, -0.05) is 182 Å². The number of phenolic OH excluding ortho intramolecular Hbond substituents is 5. The van der Waals surface area contributed by atoms with E-state index in [0.29, 0.717) is 140 Å². The van der Waals surface area contributed by atoms with Crippen molar-refractivity contribution in [1.29, 1.82) is 0 Å². The summed E-state index contributed by atoms with van der Waals surface area (Å²) in [5.41, 5.74) is 10.3. The van der Waals surface area contributed by atoms with E-state index in [1.165, 1.54) is 122 Å². The molecule has 35 heteroatoms. The van der Waals surface area contributed by atoms with Crippen molar-refractivity contribution in [2.24, 2.45) is 0 Å². The number of ether oxygens (including phenoxy) is 2. The molecule has 30 nitrogen and oxygen atoms in total. The van der Waals surface area contributed by atoms with Crippen LogP contribution in [0.3, 0.4) is 0 Å². The molecular formula is C115H113F4N8O22P. The Hall–Kier alpha value is -15.5. The minimum absolute atomic E-state index is 0.0239. The number of benzene rings is 14. The van der Waals surface area contributed by atoms with Gasteiger partial charge in [-0.2, -0.15) is 0 Å². The molecule has 0 spiro atoms. The van der Waals surface area contributed by atoms with Crippen molar-refractivity contribution in [3.05, 3.63) is 413 Å². The van der Waals surface area contributed by atoms with E-state index in [4.69, 9.17) is 9.47 Å². The molecule has 0 aromatic heterocycles. The zero-order chi connectivity index (χ0) is 106. The van der Waals surface area contributed by atoms with Crippen LogP contribution in [0.4, 0.5) is 59.5 Å². The Labute approximate surface area is 861 Å². The van der Waals surface area contributed by atoms with Gasteiger partial charge >= 0.3 is 31.7 Å². The van der Waals surface area contributed by atoms with Crippen LogP contribution in [-0.4, -0.2) is 163 Å². The van der Waals surface area contributed by atoms with Crippen molar-refractivity contribution in [2.45, 2.75) is 155 Å². The molecule has 5 aliphatic rings. The van der Waals surface area contributed by atoms with E-state index in [1.807, 2.05) is 103 Å². The number of hydrogen-bond acceptors (Lipinski definition) is 20. The average Bonchev–Trinajstić information content (AvgIpc) is 1.62. The summed E-state index contributed by atoms with van der Waals surface area (Å²) in [5.74, 6) is -1.28. The number of carbonyl (C=O) groups excluding carboxylic acids is 4. The number of nitrogens with zero attached hydrogens (tertiary/aromatic N) is 4. The van der Waals surface area contributed by atoms with E-state index in [0.717, 1.165) is 5.56 Å². The van der Waals surface area contributed by atoms with Crippen molar-refractivity contribution < 1.29 is 127 Å². The Morgan fingerprint density at radius 3 is 0.900 bits per heavy atom. The average molecular weight is 2070 g/mol. The number of halogens is 4. The van der Waals surface area contributed by atoms with Gasteiger partial charge in [0.2, 0.25) is 0 Å². The highest BCUT2D eigenvalue weighted by atomic mass is 31.2. The normalized spacial score (nSPS) is 21.2. The zero-order valence-electron chi connectivity index (χ0n) is 80.8. The molecule has 0 bridgehead atoms. The number of urea groups is 4. The topological polar surface area (TPSA) is 468 Å². The SMILES string of the molecule is COc1ccc([C@@H]2[C@H](CCC(O)c3ccc(F)cc3)NC(=O)N2c2ccccc2)c(O)c1.O=C1N[C@@H](CCC(O)c2ccc(F)cc2)[C@@H](c2ccc(-c3ccc(C4O[C@H](CO)[C@@H](O)[C@H](O)[C@H]4O)cc3)cc2O)N1c1ccccc1.O=C1N[C@@H](CCC(O)c2ccc(F)cc2)[C@@H](c2ccc(-c3ccc(P(=O)(O)O)cc3)cc2O)N1c1ccccc1.O=C1N[C@@H](CCC(O)c2ccc(F)cc2)[C@@H](c2ccc(O)cc2O)N1c1ccccc1. The second kappa shape index (κ2) is 48.2. The van der Waals surface area contributed by atoms with Gasteiger partial charge in [0.05, 0.1) is 91.8 Å². The summed E-state index contributed by atoms with van der Waals surface area (Å²) >= 11 is 0. The van der Waals surface area contributed by atoms with Crippen molar-refractivity contribution in [2.75, 3.05) is 33.3 Å². The van der Waals surface area contributed by atoms with Crippen molar-refractivity contribution in [3.8, 4) is 56.8 Å². The van der Waals surface area contributed by atoms with Crippen molar-refractivity contribution in [1.82, 2.24) is 21.3 Å². The molecule has 14 aromatic carbocycles. The lowest BCUT2D eigenvalue weighted by molar-refractivity contribution is -0.231. The summed E-state index contributed by atoms with van der Waals surface area (Å²) in [4.78, 5) is 77.5. The molecule has 19 N–H and O–H groups in total. The summed E-state index contributed by atoms with van der Waals surface area (Å²) in [6.45, 7) is -0.523. The molecule has 19 rings (SSSR count). The number of nitrogens with one attached hydrogen (secondary N) is 4. The van der Waals surface area contributed by atoms with Crippen LogP contribution >= 0.6 is 7.60 Å². The number of methoxy groups -OCH3 is 1. The van der Waals surface area contributed by atoms with Crippen molar-refractivity contribution >= 4 is 59.8 Å². The first-order valence-electron chi connectivity index (χ1n) is 48.6. The van der Waals surface area contributed by atoms with Gasteiger partial charge in [0.15, 0.2) is 0 Å². The van der Waals surface area contributed by atoms with E-state index in [1.54, 1.807) is 141 Å². The number of hydrogen-bond donors (Lipinski definition) is 19. The van der Waals surface area contributed by atoms with E-state index in [9.17, 15) is 117 Å². The lowest BCUT2D eigenvalue weighted by Gasteiger charge is -2.40. The highest BCUT2D eigenvalue weighted by Gasteiger charge is 2.49. The number of aromatic hydroxyl groups is 5. The third-order valence-electron chi connectivity index (χ3n) is 27.5. The monoisotopic (exact) mass is 2060 g/mol. The van der Waals surface area contributed by atoms with Crippen LogP contribution in [0.25, 0.3) is 22.3 Å². The largest absolute Gasteiger partial charge is 0.508 e.